The van der Waals surface area contributed by atoms with Crippen molar-refractivity contribution in [2.45, 2.75) is 58.1 Å². The van der Waals surface area contributed by atoms with E-state index in [9.17, 15) is 9.59 Å². The second-order valence-electron chi connectivity index (χ2n) is 7.75. The summed E-state index contributed by atoms with van der Waals surface area (Å²) in [4.78, 5) is 25.2. The molecule has 2 fully saturated rings. The summed E-state index contributed by atoms with van der Waals surface area (Å²) in [5, 5.41) is 4.39. The molecule has 1 aromatic rings. The molecule has 1 saturated heterocycles. The first kappa shape index (κ1) is 17.5. The normalized spacial score (nSPS) is 18.4. The molecule has 6 heteroatoms. The Hall–Kier alpha value is -2.29. The van der Waals surface area contributed by atoms with Crippen molar-refractivity contribution in [3.63, 3.8) is 0 Å². The summed E-state index contributed by atoms with van der Waals surface area (Å²) < 4.78 is 7.30. The molecule has 6 nitrogen and oxygen atoms in total. The van der Waals surface area contributed by atoms with Gasteiger partial charge in [-0.05, 0) is 52.4 Å². The van der Waals surface area contributed by atoms with Crippen LogP contribution < -0.4 is 0 Å². The summed E-state index contributed by atoms with van der Waals surface area (Å²) >= 11 is 0. The number of carbonyl (C=O) groups excluding carboxylic acids is 2. The Balaban J connectivity index is 1.67. The number of hydrogen-bond donors (Lipinski definition) is 0. The number of likely N-dealkylation sites (tertiary alicyclic amines) is 1. The predicted octanol–water partition coefficient (Wildman–Crippen LogP) is 3.03. The van der Waals surface area contributed by atoms with Crippen LogP contribution in [-0.2, 0) is 4.74 Å². The van der Waals surface area contributed by atoms with Crippen molar-refractivity contribution in [2.24, 2.45) is 5.92 Å². The van der Waals surface area contributed by atoms with Crippen LogP contribution in [-0.4, -0.2) is 45.8 Å². The summed E-state index contributed by atoms with van der Waals surface area (Å²) in [5.74, 6) is 6.83. The highest BCUT2D eigenvalue weighted by Crippen LogP contribution is 2.29. The molecule has 1 aliphatic carbocycles. The van der Waals surface area contributed by atoms with Gasteiger partial charge in [-0.1, -0.05) is 5.92 Å². The van der Waals surface area contributed by atoms with E-state index < -0.39 is 5.60 Å². The molecule has 2 aliphatic rings. The first-order valence-electron chi connectivity index (χ1n) is 8.89. The van der Waals surface area contributed by atoms with Gasteiger partial charge in [-0.3, -0.25) is 9.48 Å². The lowest BCUT2D eigenvalue weighted by Crippen LogP contribution is -2.42. The van der Waals surface area contributed by atoms with Crippen molar-refractivity contribution in [2.75, 3.05) is 13.1 Å². The van der Waals surface area contributed by atoms with Gasteiger partial charge in [0.05, 0.1) is 17.8 Å². The molecule has 0 unspecified atom stereocenters. The molecule has 2 heterocycles. The number of nitrogens with zero attached hydrogens (tertiary/aromatic N) is 3. The van der Waals surface area contributed by atoms with Crippen molar-refractivity contribution in [1.29, 1.82) is 0 Å². The third-order valence-electron chi connectivity index (χ3n) is 4.38. The SMILES string of the molecule is CC(C)(C)OC(=O)N1CCC(n2ncc(C=O)c2C#CC2CC2)CC1. The lowest BCUT2D eigenvalue weighted by molar-refractivity contribution is 0.0184. The monoisotopic (exact) mass is 343 g/mol. The summed E-state index contributed by atoms with van der Waals surface area (Å²) in [5.41, 5.74) is 0.765. The molecular weight excluding hydrogens is 318 g/mol. The average Bonchev–Trinajstić information content (AvgIpc) is 3.30. The van der Waals surface area contributed by atoms with Crippen LogP contribution >= 0.6 is 0 Å². The lowest BCUT2D eigenvalue weighted by atomic mass is 10.0. The maximum absolute atomic E-state index is 12.2. The zero-order valence-electron chi connectivity index (χ0n) is 15.1. The predicted molar refractivity (Wildman–Crippen MR) is 93.3 cm³/mol. The fraction of sp³-hybridized carbons (Fsp3) is 0.632. The number of piperidine rings is 1. The molecule has 0 radical (unpaired) electrons. The van der Waals surface area contributed by atoms with Crippen molar-refractivity contribution in [1.82, 2.24) is 14.7 Å². The fourth-order valence-electron chi connectivity index (χ4n) is 2.89. The van der Waals surface area contributed by atoms with Crippen molar-refractivity contribution in [3.8, 4) is 11.8 Å². The zero-order valence-corrected chi connectivity index (χ0v) is 15.1. The van der Waals surface area contributed by atoms with Gasteiger partial charge in [0.25, 0.3) is 0 Å². The molecule has 1 aromatic heterocycles. The van der Waals surface area contributed by atoms with Crippen LogP contribution in [0.5, 0.6) is 0 Å². The second-order valence-corrected chi connectivity index (χ2v) is 7.75. The Bertz CT molecular complexity index is 708. The molecule has 134 valence electrons. The third-order valence-corrected chi connectivity index (χ3v) is 4.38. The molecule has 25 heavy (non-hydrogen) atoms. The summed E-state index contributed by atoms with van der Waals surface area (Å²) in [6.45, 7) is 6.84. The average molecular weight is 343 g/mol. The number of rotatable bonds is 2. The lowest BCUT2D eigenvalue weighted by Gasteiger charge is -2.33. The highest BCUT2D eigenvalue weighted by atomic mass is 16.6. The van der Waals surface area contributed by atoms with Crippen molar-refractivity contribution in [3.05, 3.63) is 17.5 Å². The molecule has 0 N–H and O–H groups in total. The van der Waals surface area contributed by atoms with Gasteiger partial charge in [0.1, 0.15) is 11.3 Å². The van der Waals surface area contributed by atoms with Crippen LogP contribution in [0, 0.1) is 17.8 Å². The highest BCUT2D eigenvalue weighted by Gasteiger charge is 2.29. The number of amides is 1. The number of ether oxygens (including phenoxy) is 1. The molecule has 1 aliphatic heterocycles. The van der Waals surface area contributed by atoms with Gasteiger partial charge in [-0.25, -0.2) is 4.79 Å². The van der Waals surface area contributed by atoms with Crippen LogP contribution in [0.4, 0.5) is 4.79 Å². The van der Waals surface area contributed by atoms with E-state index in [0.29, 0.717) is 30.3 Å². The molecule has 3 rings (SSSR count). The van der Waals surface area contributed by atoms with Gasteiger partial charge >= 0.3 is 6.09 Å². The molecule has 0 bridgehead atoms. The zero-order chi connectivity index (χ0) is 18.0. The van der Waals surface area contributed by atoms with Crippen molar-refractivity contribution >= 4 is 12.4 Å². The Labute approximate surface area is 148 Å². The number of carbonyl (C=O) groups is 2. The topological polar surface area (TPSA) is 64.4 Å². The van der Waals surface area contributed by atoms with E-state index in [-0.39, 0.29) is 12.1 Å². The molecule has 0 atom stereocenters. The summed E-state index contributed by atoms with van der Waals surface area (Å²) in [6, 6.07) is 0.149. The highest BCUT2D eigenvalue weighted by molar-refractivity contribution is 5.78. The van der Waals surface area contributed by atoms with E-state index >= 15 is 0 Å². The summed E-state index contributed by atoms with van der Waals surface area (Å²) in [6.07, 6.45) is 5.97. The van der Waals surface area contributed by atoms with Crippen LogP contribution in [0.2, 0.25) is 0 Å². The standard InChI is InChI=1S/C19H25N3O3/c1-19(2,3)25-18(24)21-10-8-16(9-11-21)22-17(7-6-14-4-5-14)15(13-23)12-20-22/h12-14,16H,4-5,8-11H2,1-3H3. The first-order chi connectivity index (χ1) is 11.9. The van der Waals surface area contributed by atoms with E-state index in [0.717, 1.165) is 32.0 Å². The number of hydrogen-bond acceptors (Lipinski definition) is 4. The van der Waals surface area contributed by atoms with Gasteiger partial charge in [0.15, 0.2) is 6.29 Å². The van der Waals surface area contributed by atoms with E-state index in [2.05, 4.69) is 16.9 Å². The molecule has 1 amide bonds. The van der Waals surface area contributed by atoms with Crippen LogP contribution in [0.3, 0.4) is 0 Å². The quantitative estimate of drug-likeness (QED) is 0.612. The van der Waals surface area contributed by atoms with E-state index in [1.54, 1.807) is 11.1 Å². The Morgan fingerprint density at radius 1 is 1.28 bits per heavy atom. The van der Waals surface area contributed by atoms with Gasteiger partial charge in [-0.15, -0.1) is 0 Å². The Morgan fingerprint density at radius 3 is 2.52 bits per heavy atom. The number of aromatic nitrogens is 2. The maximum atomic E-state index is 12.2. The first-order valence-corrected chi connectivity index (χ1v) is 8.89. The molecule has 1 saturated carbocycles. The Kier molecular flexibility index (Phi) is 4.85. The van der Waals surface area contributed by atoms with Crippen LogP contribution in [0.15, 0.2) is 6.20 Å². The van der Waals surface area contributed by atoms with Gasteiger partial charge < -0.3 is 9.64 Å². The fourth-order valence-corrected chi connectivity index (χ4v) is 2.89. The summed E-state index contributed by atoms with van der Waals surface area (Å²) in [7, 11) is 0. The second kappa shape index (κ2) is 6.91. The minimum Gasteiger partial charge on any atom is -0.444 e. The largest absolute Gasteiger partial charge is 0.444 e. The third kappa shape index (κ3) is 4.41. The smallest absolute Gasteiger partial charge is 0.410 e. The van der Waals surface area contributed by atoms with Gasteiger partial charge in [0.2, 0.25) is 0 Å². The van der Waals surface area contributed by atoms with Crippen molar-refractivity contribution < 1.29 is 14.3 Å². The Morgan fingerprint density at radius 2 is 1.96 bits per heavy atom. The molecule has 0 spiro atoms. The minimum atomic E-state index is -0.486. The number of aldehydes is 1. The van der Waals surface area contributed by atoms with Gasteiger partial charge in [0, 0.05) is 19.0 Å². The maximum Gasteiger partial charge on any atom is 0.410 e. The van der Waals surface area contributed by atoms with E-state index in [4.69, 9.17) is 4.74 Å². The van der Waals surface area contributed by atoms with Crippen LogP contribution in [0.25, 0.3) is 0 Å². The van der Waals surface area contributed by atoms with Gasteiger partial charge in [-0.2, -0.15) is 5.10 Å². The molecule has 0 aromatic carbocycles. The van der Waals surface area contributed by atoms with E-state index in [1.165, 1.54) is 0 Å². The minimum absolute atomic E-state index is 0.149. The van der Waals surface area contributed by atoms with E-state index in [1.807, 2.05) is 25.5 Å². The molecular formula is C19H25N3O3. The van der Waals surface area contributed by atoms with Crippen LogP contribution in [0.1, 0.15) is 68.5 Å².